The van der Waals surface area contributed by atoms with Crippen LogP contribution in [0, 0.1) is 5.92 Å². The lowest BCUT2D eigenvalue weighted by Crippen LogP contribution is -2.36. The Kier molecular flexibility index (Phi) is 32.3. The number of carbonyl (C=O) groups excluding carboxylic acids is 3. The normalized spacial score (nSPS) is 19.5. The number of ether oxygens (including phenoxy) is 3. The fourth-order valence-electron chi connectivity index (χ4n) is 7.48. The summed E-state index contributed by atoms with van der Waals surface area (Å²) >= 11 is 0. The zero-order valence-corrected chi connectivity index (χ0v) is 43.1. The monoisotopic (exact) mass is 1020 g/mol. The third-order valence-corrected chi connectivity index (χ3v) is 14.0. The summed E-state index contributed by atoms with van der Waals surface area (Å²) in [6.45, 7) is 4.27. The molecule has 1 aromatic rings. The Morgan fingerprint density at radius 3 is 1.94 bits per heavy atom. The Balaban J connectivity index is 1.82. The molecule has 6 N–H and O–H groups in total. The van der Waals surface area contributed by atoms with Gasteiger partial charge in [-0.1, -0.05) is 148 Å². The molecule has 1 saturated heterocycles. The first-order valence-corrected chi connectivity index (χ1v) is 28.2. The number of allylic oxidation sites excluding steroid dienone is 4. The molecule has 1 fully saturated rings. The van der Waals surface area contributed by atoms with Gasteiger partial charge in [-0.2, -0.15) is 9.29 Å². The van der Waals surface area contributed by atoms with Gasteiger partial charge in [0.25, 0.3) is 0 Å². The van der Waals surface area contributed by atoms with Crippen LogP contribution in [0.25, 0.3) is 0 Å². The van der Waals surface area contributed by atoms with Gasteiger partial charge in [0, 0.05) is 25.5 Å². The second kappa shape index (κ2) is 35.9. The van der Waals surface area contributed by atoms with Crippen molar-refractivity contribution in [3.05, 3.63) is 47.1 Å². The van der Waals surface area contributed by atoms with E-state index in [1.807, 2.05) is 12.2 Å². The molecule has 7 atom stereocenters. The summed E-state index contributed by atoms with van der Waals surface area (Å²) in [4.78, 5) is 73.7. The van der Waals surface area contributed by atoms with Crippen LogP contribution in [0.3, 0.4) is 0 Å². The molecule has 21 heteroatoms. The van der Waals surface area contributed by atoms with Gasteiger partial charge in [0.15, 0.2) is 18.1 Å². The van der Waals surface area contributed by atoms with E-state index in [2.05, 4.69) is 30.1 Å². The highest BCUT2D eigenvalue weighted by atomic mass is 31.3. The number of phosphoric ester groups is 2. The van der Waals surface area contributed by atoms with Crippen molar-refractivity contribution in [2.75, 3.05) is 25.6 Å². The maximum atomic E-state index is 12.8. The molecule has 2 heterocycles. The predicted octanol–water partition coefficient (Wildman–Crippen LogP) is 9.26. The molecule has 0 aliphatic carbocycles. The molecule has 0 radical (unpaired) electrons. The lowest BCUT2D eigenvalue weighted by atomic mass is 10.0. The number of aromatic nitrogens is 2. The number of nitrogens with zero attached hydrogens (tertiary/aromatic N) is 2. The van der Waals surface area contributed by atoms with Gasteiger partial charge in [-0.3, -0.25) is 28.0 Å². The van der Waals surface area contributed by atoms with Gasteiger partial charge in [0.2, 0.25) is 0 Å². The summed E-state index contributed by atoms with van der Waals surface area (Å²) in [6.07, 6.45) is 23.9. The van der Waals surface area contributed by atoms with Crippen LogP contribution in [-0.4, -0.2) is 91.5 Å². The number of aliphatic hydroxyl groups excluding tert-OH is 2. The molecule has 0 saturated carbocycles. The second-order valence-corrected chi connectivity index (χ2v) is 21.2. The van der Waals surface area contributed by atoms with E-state index in [0.29, 0.717) is 19.3 Å². The quantitative estimate of drug-likeness (QED) is 0.0134. The Labute approximate surface area is 409 Å². The Morgan fingerprint density at radius 1 is 0.768 bits per heavy atom. The number of aliphatic hydroxyl groups is 2. The minimum atomic E-state index is -5.44. The van der Waals surface area contributed by atoms with Crippen LogP contribution in [0.2, 0.25) is 0 Å². The van der Waals surface area contributed by atoms with E-state index in [9.17, 15) is 48.3 Å². The first-order chi connectivity index (χ1) is 32.9. The average molecular weight is 1020 g/mol. The number of rotatable bonds is 41. The van der Waals surface area contributed by atoms with Crippen molar-refractivity contribution in [1.29, 1.82) is 0 Å². The topological polar surface area (TPSA) is 283 Å². The highest BCUT2D eigenvalue weighted by Crippen LogP contribution is 2.60. The van der Waals surface area contributed by atoms with Gasteiger partial charge < -0.3 is 39.9 Å². The maximum absolute atomic E-state index is 12.8. The summed E-state index contributed by atoms with van der Waals surface area (Å²) in [5, 5.41) is 20.9. The summed E-state index contributed by atoms with van der Waals surface area (Å²) < 4.78 is 56.7. The minimum absolute atomic E-state index is 0.000950. The second-order valence-electron chi connectivity index (χ2n) is 18.2. The molecule has 0 bridgehead atoms. The molecule has 2 rings (SSSR count). The molecule has 1 aliphatic heterocycles. The van der Waals surface area contributed by atoms with Gasteiger partial charge in [0.1, 0.15) is 30.7 Å². The van der Waals surface area contributed by atoms with E-state index in [0.717, 1.165) is 93.7 Å². The van der Waals surface area contributed by atoms with E-state index in [1.165, 1.54) is 57.4 Å². The number of nitrogen functional groups attached to an aromatic ring is 1. The number of carbonyl (C=O) groups is 3. The smallest absolute Gasteiger partial charge is 0.462 e. The fourth-order valence-corrected chi connectivity index (χ4v) is 9.59. The van der Waals surface area contributed by atoms with Crippen LogP contribution in [0.4, 0.5) is 5.82 Å². The summed E-state index contributed by atoms with van der Waals surface area (Å²) in [5.74, 6) is -0.456. The van der Waals surface area contributed by atoms with Crippen molar-refractivity contribution < 1.29 is 71.1 Å². The number of phosphoric acid groups is 2. The summed E-state index contributed by atoms with van der Waals surface area (Å²) in [5.41, 5.74) is 4.58. The molecule has 19 nitrogen and oxygen atoms in total. The zero-order chi connectivity index (χ0) is 50.9. The van der Waals surface area contributed by atoms with Crippen molar-refractivity contribution in [3.8, 4) is 0 Å². The standard InChI is InChI=1S/C48H83N3O16P2/c1-4-5-23-29-39(52)30-25-20-16-12-10-14-18-22-27-32-44(54)65-40(35-62-43(53)31-26-21-17-13-9-7-6-8-11-15-19-24-28-38(2)3)36-63-68(58,59)67-69(60,61)64-37-41-45(55)46(56)47(66-41)51-34-33-42(49)50-48(51)57/h16,20,25,30,33-34,38,40-41,45-47,55-56H,4-15,17-19,21-24,26-29,31-32,35-37H2,1-3H3,(H,58,59)(H,60,61)(H2,49,50,57)/b20-16-,30-25+/t40-,41-,45-,46-,47-/m1/s1. The predicted molar refractivity (Wildman–Crippen MR) is 262 cm³/mol. The SMILES string of the molecule is CCCCCC(=O)/C=C/C=C\CCCCCCCC(=O)O[C@H](COC(=O)CCCCCCCCCCCCCCC(C)C)COP(=O)(O)OP(=O)(O)OC[C@H]1O[C@@H](n2ccc(N)nc2=O)[C@H](O)[C@@H]1O. The Hall–Kier alpha value is -3.09. The fraction of sp³-hybridized carbons (Fsp3) is 0.771. The van der Waals surface area contributed by atoms with Gasteiger partial charge in [0.05, 0.1) is 13.2 Å². The summed E-state index contributed by atoms with van der Waals surface area (Å²) in [6, 6.07) is 1.24. The van der Waals surface area contributed by atoms with Crippen molar-refractivity contribution in [2.45, 2.75) is 212 Å². The molecule has 0 aromatic carbocycles. The molecular weight excluding hydrogens is 936 g/mol. The van der Waals surface area contributed by atoms with Gasteiger partial charge >= 0.3 is 33.3 Å². The number of nitrogens with two attached hydrogens (primary N) is 1. The van der Waals surface area contributed by atoms with Crippen LogP contribution >= 0.6 is 15.6 Å². The number of hydrogen-bond donors (Lipinski definition) is 5. The Bertz CT molecular complexity index is 1830. The largest absolute Gasteiger partial charge is 0.481 e. The first-order valence-electron chi connectivity index (χ1n) is 25.2. The van der Waals surface area contributed by atoms with Crippen molar-refractivity contribution in [2.24, 2.45) is 5.92 Å². The van der Waals surface area contributed by atoms with Gasteiger partial charge in [-0.25, -0.2) is 13.9 Å². The van der Waals surface area contributed by atoms with Crippen LogP contribution in [0.15, 0.2) is 41.4 Å². The third-order valence-electron chi connectivity index (χ3n) is 11.4. The van der Waals surface area contributed by atoms with Gasteiger partial charge in [-0.15, -0.1) is 0 Å². The van der Waals surface area contributed by atoms with E-state index >= 15 is 0 Å². The molecule has 2 unspecified atom stereocenters. The lowest BCUT2D eigenvalue weighted by molar-refractivity contribution is -0.161. The van der Waals surface area contributed by atoms with Crippen LogP contribution in [0.5, 0.6) is 0 Å². The molecule has 0 spiro atoms. The molecule has 0 amide bonds. The average Bonchev–Trinajstić information content (AvgIpc) is 3.56. The van der Waals surface area contributed by atoms with E-state index < -0.39 is 83.7 Å². The Morgan fingerprint density at radius 2 is 1.33 bits per heavy atom. The lowest BCUT2D eigenvalue weighted by Gasteiger charge is -2.21. The number of hydrogen-bond acceptors (Lipinski definition) is 16. The number of anilines is 1. The van der Waals surface area contributed by atoms with E-state index in [4.69, 9.17) is 29.0 Å². The minimum Gasteiger partial charge on any atom is -0.462 e. The van der Waals surface area contributed by atoms with Crippen molar-refractivity contribution in [1.82, 2.24) is 9.55 Å². The highest BCUT2D eigenvalue weighted by molar-refractivity contribution is 7.61. The molecule has 1 aromatic heterocycles. The van der Waals surface area contributed by atoms with E-state index in [-0.39, 0.29) is 24.4 Å². The van der Waals surface area contributed by atoms with Crippen LogP contribution < -0.4 is 11.4 Å². The van der Waals surface area contributed by atoms with Crippen molar-refractivity contribution >= 4 is 39.2 Å². The third kappa shape index (κ3) is 29.8. The molecule has 396 valence electrons. The molecule has 69 heavy (non-hydrogen) atoms. The summed E-state index contributed by atoms with van der Waals surface area (Å²) in [7, 11) is -10.9. The van der Waals surface area contributed by atoms with Crippen molar-refractivity contribution in [3.63, 3.8) is 0 Å². The van der Waals surface area contributed by atoms with E-state index in [1.54, 1.807) is 12.2 Å². The zero-order valence-electron chi connectivity index (χ0n) is 41.3. The molecule has 1 aliphatic rings. The maximum Gasteiger partial charge on any atom is 0.481 e. The highest BCUT2D eigenvalue weighted by Gasteiger charge is 2.46. The number of unbranched alkanes of at least 4 members (excludes halogenated alkanes) is 18. The number of ketones is 1. The van der Waals surface area contributed by atoms with Gasteiger partial charge in [-0.05, 0) is 50.2 Å². The van der Waals surface area contributed by atoms with Crippen LogP contribution in [-0.2, 0) is 51.1 Å². The molecular formula is C48H83N3O16P2. The van der Waals surface area contributed by atoms with Crippen LogP contribution in [0.1, 0.15) is 188 Å². The number of esters is 2. The first kappa shape index (κ1) is 62.0.